The minimum absolute atomic E-state index is 0.0475. The molecule has 1 saturated heterocycles. The van der Waals surface area contributed by atoms with Crippen molar-refractivity contribution in [3.05, 3.63) is 89.0 Å². The summed E-state index contributed by atoms with van der Waals surface area (Å²) in [6, 6.07) is 19.3. The fourth-order valence-electron chi connectivity index (χ4n) is 5.10. The number of anilines is 2. The Morgan fingerprint density at radius 3 is 2.10 bits per heavy atom. The highest BCUT2D eigenvalue weighted by Crippen LogP contribution is 2.43. The third kappa shape index (κ3) is 5.21. The molecule has 0 bridgehead atoms. The van der Waals surface area contributed by atoms with Crippen LogP contribution < -0.4 is 19.3 Å². The van der Waals surface area contributed by atoms with Crippen LogP contribution in [0.5, 0.6) is 11.5 Å². The van der Waals surface area contributed by atoms with E-state index in [2.05, 4.69) is 18.7 Å². The monoisotopic (exact) mass is 528 g/mol. The van der Waals surface area contributed by atoms with E-state index in [0.29, 0.717) is 22.7 Å². The van der Waals surface area contributed by atoms with Crippen molar-refractivity contribution in [3.63, 3.8) is 0 Å². The van der Waals surface area contributed by atoms with Gasteiger partial charge in [-0.2, -0.15) is 0 Å². The summed E-state index contributed by atoms with van der Waals surface area (Å²) in [4.78, 5) is 30.7. The summed E-state index contributed by atoms with van der Waals surface area (Å²) >= 11 is 0. The second-order valence-corrected chi connectivity index (χ2v) is 9.74. The highest BCUT2D eigenvalue weighted by atomic mass is 16.5. The fraction of sp³-hybridized carbons (Fsp3) is 0.312. The van der Waals surface area contributed by atoms with Crippen LogP contribution in [0.15, 0.2) is 72.3 Å². The lowest BCUT2D eigenvalue weighted by Crippen LogP contribution is -2.29. The van der Waals surface area contributed by atoms with Crippen molar-refractivity contribution in [1.29, 1.82) is 0 Å². The number of hydrogen-bond donors (Lipinski definition) is 1. The van der Waals surface area contributed by atoms with Crippen LogP contribution in [0.3, 0.4) is 0 Å². The van der Waals surface area contributed by atoms with Crippen LogP contribution in [0, 0.1) is 0 Å². The highest BCUT2D eigenvalue weighted by Gasteiger charge is 2.47. The van der Waals surface area contributed by atoms with Gasteiger partial charge < -0.3 is 19.5 Å². The zero-order valence-electron chi connectivity index (χ0n) is 23.4. The van der Waals surface area contributed by atoms with Gasteiger partial charge in [0.25, 0.3) is 11.7 Å². The second-order valence-electron chi connectivity index (χ2n) is 9.74. The number of ether oxygens (including phenoxy) is 2. The highest BCUT2D eigenvalue weighted by molar-refractivity contribution is 6.51. The molecule has 1 aliphatic rings. The Kier molecular flexibility index (Phi) is 8.29. The Labute approximate surface area is 230 Å². The molecule has 7 heteroatoms. The van der Waals surface area contributed by atoms with E-state index in [-0.39, 0.29) is 17.3 Å². The molecule has 7 nitrogen and oxygen atoms in total. The van der Waals surface area contributed by atoms with Crippen LogP contribution in [0.2, 0.25) is 0 Å². The molecule has 1 N–H and O–H groups in total. The maximum absolute atomic E-state index is 13.6. The van der Waals surface area contributed by atoms with E-state index in [9.17, 15) is 14.7 Å². The lowest BCUT2D eigenvalue weighted by atomic mass is 9.93. The van der Waals surface area contributed by atoms with E-state index in [4.69, 9.17) is 9.47 Å². The first-order valence-electron chi connectivity index (χ1n) is 13.2. The lowest BCUT2D eigenvalue weighted by Gasteiger charge is -2.27. The summed E-state index contributed by atoms with van der Waals surface area (Å²) < 4.78 is 10.8. The van der Waals surface area contributed by atoms with Crippen LogP contribution in [0.25, 0.3) is 5.76 Å². The normalized spacial score (nSPS) is 16.6. The van der Waals surface area contributed by atoms with Crippen LogP contribution in [0.1, 0.15) is 56.3 Å². The summed E-state index contributed by atoms with van der Waals surface area (Å²) in [5.74, 6) is -0.191. The standard InChI is InChI=1S/C32H36N2O5/c1-7-33(8-2)23-12-9-21(10-13-23)29-28(30(35)22-11-18-27(39-6)26(19-22)20(3)4)31(36)32(37)34(29)24-14-16-25(38-5)17-15-24/h9-20,29,35H,7-8H2,1-6H3/b30-28-. The minimum atomic E-state index is -0.811. The molecule has 1 amide bonds. The van der Waals surface area contributed by atoms with Gasteiger partial charge in [0.1, 0.15) is 17.3 Å². The van der Waals surface area contributed by atoms with E-state index in [1.807, 2.05) is 44.2 Å². The van der Waals surface area contributed by atoms with Crippen molar-refractivity contribution in [2.75, 3.05) is 37.1 Å². The van der Waals surface area contributed by atoms with Gasteiger partial charge in [-0.1, -0.05) is 26.0 Å². The molecule has 0 radical (unpaired) electrons. The van der Waals surface area contributed by atoms with E-state index in [1.54, 1.807) is 50.6 Å². The van der Waals surface area contributed by atoms with Gasteiger partial charge in [-0.3, -0.25) is 14.5 Å². The Bertz CT molecular complexity index is 1370. The van der Waals surface area contributed by atoms with Gasteiger partial charge in [0.05, 0.1) is 25.8 Å². The maximum Gasteiger partial charge on any atom is 0.300 e. The number of methoxy groups -OCH3 is 2. The SMILES string of the molecule is CCN(CC)c1ccc(C2/C(=C(/O)c3ccc(OC)c(C(C)C)c3)C(=O)C(=O)N2c2ccc(OC)cc2)cc1. The average Bonchev–Trinajstić information content (AvgIpc) is 3.23. The topological polar surface area (TPSA) is 79.3 Å². The molecule has 3 aromatic rings. The largest absolute Gasteiger partial charge is 0.507 e. The smallest absolute Gasteiger partial charge is 0.300 e. The third-order valence-electron chi connectivity index (χ3n) is 7.26. The summed E-state index contributed by atoms with van der Waals surface area (Å²) in [7, 11) is 3.17. The van der Waals surface area contributed by atoms with Crippen molar-refractivity contribution >= 4 is 28.8 Å². The molecule has 4 rings (SSSR count). The number of carbonyl (C=O) groups excluding carboxylic acids is 2. The molecule has 1 unspecified atom stereocenters. The molecule has 0 saturated carbocycles. The van der Waals surface area contributed by atoms with Crippen molar-refractivity contribution in [3.8, 4) is 11.5 Å². The Balaban J connectivity index is 1.91. The first-order chi connectivity index (χ1) is 18.7. The fourth-order valence-corrected chi connectivity index (χ4v) is 5.10. The first kappa shape index (κ1) is 27.8. The van der Waals surface area contributed by atoms with E-state index < -0.39 is 17.7 Å². The van der Waals surface area contributed by atoms with Gasteiger partial charge in [-0.05, 0) is 85.5 Å². The maximum atomic E-state index is 13.6. The summed E-state index contributed by atoms with van der Waals surface area (Å²) in [6.45, 7) is 9.96. The van der Waals surface area contributed by atoms with Crippen molar-refractivity contribution in [2.24, 2.45) is 0 Å². The van der Waals surface area contributed by atoms with E-state index in [1.165, 1.54) is 4.90 Å². The van der Waals surface area contributed by atoms with Gasteiger partial charge >= 0.3 is 0 Å². The number of hydrogen-bond acceptors (Lipinski definition) is 6. The van der Waals surface area contributed by atoms with Crippen molar-refractivity contribution < 1.29 is 24.2 Å². The Morgan fingerprint density at radius 2 is 1.56 bits per heavy atom. The zero-order valence-corrected chi connectivity index (χ0v) is 23.4. The Hall–Kier alpha value is -4.26. The quantitative estimate of drug-likeness (QED) is 0.200. The number of nitrogens with zero attached hydrogens (tertiary/aromatic N) is 2. The predicted octanol–water partition coefficient (Wildman–Crippen LogP) is 6.30. The predicted molar refractivity (Wildman–Crippen MR) is 155 cm³/mol. The summed E-state index contributed by atoms with van der Waals surface area (Å²) in [6.07, 6.45) is 0. The van der Waals surface area contributed by atoms with Gasteiger partial charge in [0.2, 0.25) is 0 Å². The van der Waals surface area contributed by atoms with Gasteiger partial charge in [0, 0.05) is 30.0 Å². The summed E-state index contributed by atoms with van der Waals surface area (Å²) in [5.41, 5.74) is 3.70. The van der Waals surface area contributed by atoms with Gasteiger partial charge in [-0.25, -0.2) is 0 Å². The van der Waals surface area contributed by atoms with Crippen LogP contribution in [-0.2, 0) is 9.59 Å². The molecular formula is C32H36N2O5. The molecular weight excluding hydrogens is 492 g/mol. The van der Waals surface area contributed by atoms with Crippen LogP contribution in [-0.4, -0.2) is 44.1 Å². The molecule has 0 aromatic heterocycles. The number of rotatable bonds is 9. The lowest BCUT2D eigenvalue weighted by molar-refractivity contribution is -0.132. The zero-order chi connectivity index (χ0) is 28.3. The molecule has 0 aliphatic carbocycles. The molecule has 1 heterocycles. The third-order valence-corrected chi connectivity index (χ3v) is 7.26. The number of aliphatic hydroxyl groups is 1. The minimum Gasteiger partial charge on any atom is -0.507 e. The molecule has 204 valence electrons. The second kappa shape index (κ2) is 11.6. The van der Waals surface area contributed by atoms with Gasteiger partial charge in [-0.15, -0.1) is 0 Å². The van der Waals surface area contributed by atoms with Crippen LogP contribution in [0.4, 0.5) is 11.4 Å². The molecule has 1 atom stereocenters. The number of Topliss-reactive ketones (excluding diaryl/α,β-unsaturated/α-hetero) is 1. The molecule has 0 spiro atoms. The van der Waals surface area contributed by atoms with E-state index >= 15 is 0 Å². The first-order valence-corrected chi connectivity index (χ1v) is 13.2. The van der Waals surface area contributed by atoms with E-state index in [0.717, 1.165) is 29.9 Å². The number of carbonyl (C=O) groups is 2. The average molecular weight is 529 g/mol. The summed E-state index contributed by atoms with van der Waals surface area (Å²) in [5, 5.41) is 11.6. The van der Waals surface area contributed by atoms with Gasteiger partial charge in [0.15, 0.2) is 0 Å². The Morgan fingerprint density at radius 1 is 0.923 bits per heavy atom. The molecule has 1 aliphatic heterocycles. The molecule has 39 heavy (non-hydrogen) atoms. The molecule has 1 fully saturated rings. The van der Waals surface area contributed by atoms with Crippen molar-refractivity contribution in [1.82, 2.24) is 0 Å². The van der Waals surface area contributed by atoms with Crippen molar-refractivity contribution in [2.45, 2.75) is 39.7 Å². The number of amides is 1. The molecule has 3 aromatic carbocycles. The number of aliphatic hydroxyl groups excluding tert-OH is 1. The van der Waals surface area contributed by atoms with Crippen LogP contribution >= 0.6 is 0 Å². The number of ketones is 1. The number of benzene rings is 3.